The van der Waals surface area contributed by atoms with Crippen LogP contribution in [0.15, 0.2) is 83.6 Å². The molecule has 0 saturated carbocycles. The summed E-state index contributed by atoms with van der Waals surface area (Å²) in [6.45, 7) is 1.91. The monoisotopic (exact) mass is 401 g/mol. The lowest BCUT2D eigenvalue weighted by atomic mass is 10.2. The molecule has 150 valence electrons. The molecule has 1 amide bonds. The van der Waals surface area contributed by atoms with E-state index < -0.39 is 0 Å². The molecule has 1 N–H and O–H groups in total. The van der Waals surface area contributed by atoms with Gasteiger partial charge in [0.2, 0.25) is 12.3 Å². The van der Waals surface area contributed by atoms with E-state index in [0.29, 0.717) is 23.1 Å². The number of aryl methyl sites for hydroxylation is 1. The Morgan fingerprint density at radius 1 is 0.900 bits per heavy atom. The van der Waals surface area contributed by atoms with Gasteiger partial charge in [0.15, 0.2) is 6.61 Å². The van der Waals surface area contributed by atoms with Gasteiger partial charge in [0, 0.05) is 11.3 Å². The molecule has 0 saturated heterocycles. The SMILES string of the molecule is Cc1ccc(Oc2ccc(NC(=O)COc3ccc(-c4nnco4)cc3)cc2)cc1. The molecule has 0 spiro atoms. The molecule has 7 heteroatoms. The lowest BCUT2D eigenvalue weighted by molar-refractivity contribution is -0.118. The van der Waals surface area contributed by atoms with Gasteiger partial charge in [-0.3, -0.25) is 4.79 Å². The van der Waals surface area contributed by atoms with Crippen molar-refractivity contribution in [2.24, 2.45) is 0 Å². The maximum Gasteiger partial charge on any atom is 0.262 e. The molecule has 0 aliphatic carbocycles. The summed E-state index contributed by atoms with van der Waals surface area (Å²) in [5, 5.41) is 10.3. The number of aromatic nitrogens is 2. The van der Waals surface area contributed by atoms with Crippen LogP contribution in [0.3, 0.4) is 0 Å². The summed E-state index contributed by atoms with van der Waals surface area (Å²) in [6, 6.07) is 22.0. The normalized spacial score (nSPS) is 10.4. The highest BCUT2D eigenvalue weighted by molar-refractivity contribution is 5.91. The topological polar surface area (TPSA) is 86.5 Å². The second-order valence-corrected chi connectivity index (χ2v) is 6.54. The van der Waals surface area contributed by atoms with Crippen molar-refractivity contribution in [1.82, 2.24) is 10.2 Å². The van der Waals surface area contributed by atoms with Gasteiger partial charge < -0.3 is 19.2 Å². The third kappa shape index (κ3) is 5.02. The second kappa shape index (κ2) is 8.91. The van der Waals surface area contributed by atoms with Gasteiger partial charge in [-0.05, 0) is 67.6 Å². The molecule has 0 aliphatic heterocycles. The first kappa shape index (κ1) is 19.2. The summed E-state index contributed by atoms with van der Waals surface area (Å²) in [7, 11) is 0. The van der Waals surface area contributed by atoms with Crippen LogP contribution in [0.1, 0.15) is 5.56 Å². The van der Waals surface area contributed by atoms with Crippen LogP contribution in [0.4, 0.5) is 5.69 Å². The zero-order valence-corrected chi connectivity index (χ0v) is 16.2. The average molecular weight is 401 g/mol. The van der Waals surface area contributed by atoms with Crippen molar-refractivity contribution in [3.63, 3.8) is 0 Å². The second-order valence-electron chi connectivity index (χ2n) is 6.54. The smallest absolute Gasteiger partial charge is 0.262 e. The van der Waals surface area contributed by atoms with E-state index in [4.69, 9.17) is 13.9 Å². The molecule has 3 aromatic carbocycles. The molecular formula is C23H19N3O4. The molecule has 0 radical (unpaired) electrons. The highest BCUT2D eigenvalue weighted by Gasteiger charge is 2.07. The van der Waals surface area contributed by atoms with Crippen molar-refractivity contribution < 1.29 is 18.7 Å². The van der Waals surface area contributed by atoms with E-state index in [1.54, 1.807) is 48.5 Å². The number of rotatable bonds is 7. The van der Waals surface area contributed by atoms with Crippen molar-refractivity contribution >= 4 is 11.6 Å². The number of nitrogens with zero attached hydrogens (tertiary/aromatic N) is 2. The van der Waals surface area contributed by atoms with Gasteiger partial charge in [-0.15, -0.1) is 10.2 Å². The van der Waals surface area contributed by atoms with E-state index in [-0.39, 0.29) is 12.5 Å². The van der Waals surface area contributed by atoms with Crippen LogP contribution >= 0.6 is 0 Å². The maximum absolute atomic E-state index is 12.1. The Bertz CT molecular complexity index is 1090. The first-order chi connectivity index (χ1) is 14.7. The fourth-order valence-corrected chi connectivity index (χ4v) is 2.69. The van der Waals surface area contributed by atoms with Gasteiger partial charge in [0.1, 0.15) is 17.2 Å². The number of hydrogen-bond donors (Lipinski definition) is 1. The van der Waals surface area contributed by atoms with Gasteiger partial charge in [-0.1, -0.05) is 17.7 Å². The minimum absolute atomic E-state index is 0.110. The summed E-state index contributed by atoms with van der Waals surface area (Å²) in [6.07, 6.45) is 1.27. The van der Waals surface area contributed by atoms with Crippen LogP contribution in [0.5, 0.6) is 17.2 Å². The van der Waals surface area contributed by atoms with Gasteiger partial charge in [0.25, 0.3) is 5.91 Å². The zero-order valence-electron chi connectivity index (χ0n) is 16.2. The molecular weight excluding hydrogens is 382 g/mol. The van der Waals surface area contributed by atoms with Gasteiger partial charge >= 0.3 is 0 Å². The van der Waals surface area contributed by atoms with Crippen LogP contribution in [0.25, 0.3) is 11.5 Å². The van der Waals surface area contributed by atoms with E-state index in [9.17, 15) is 4.79 Å². The molecule has 0 atom stereocenters. The van der Waals surface area contributed by atoms with Crippen LogP contribution < -0.4 is 14.8 Å². The highest BCUT2D eigenvalue weighted by atomic mass is 16.5. The number of carbonyl (C=O) groups excluding carboxylic acids is 1. The number of carbonyl (C=O) groups is 1. The zero-order chi connectivity index (χ0) is 20.8. The van der Waals surface area contributed by atoms with Crippen LogP contribution in [0.2, 0.25) is 0 Å². The standard InChI is InChI=1S/C23H19N3O4/c1-16-2-8-20(9-3-16)30-21-12-6-18(7-13-21)25-22(27)14-28-19-10-4-17(5-11-19)23-26-24-15-29-23/h2-13,15H,14H2,1H3,(H,25,27). The highest BCUT2D eigenvalue weighted by Crippen LogP contribution is 2.23. The first-order valence-electron chi connectivity index (χ1n) is 9.29. The maximum atomic E-state index is 12.1. The quantitative estimate of drug-likeness (QED) is 0.476. The van der Waals surface area contributed by atoms with E-state index in [0.717, 1.165) is 11.3 Å². The van der Waals surface area contributed by atoms with E-state index >= 15 is 0 Å². The summed E-state index contributed by atoms with van der Waals surface area (Å²) >= 11 is 0. The molecule has 1 heterocycles. The Hall–Kier alpha value is -4.13. The van der Waals surface area contributed by atoms with E-state index in [2.05, 4.69) is 15.5 Å². The fourth-order valence-electron chi connectivity index (χ4n) is 2.69. The van der Waals surface area contributed by atoms with Crippen molar-refractivity contribution in [3.05, 3.63) is 84.8 Å². The molecule has 0 unspecified atom stereocenters. The van der Waals surface area contributed by atoms with Crippen LogP contribution in [-0.2, 0) is 4.79 Å². The Morgan fingerprint density at radius 2 is 1.53 bits per heavy atom. The number of amides is 1. The van der Waals surface area contributed by atoms with Gasteiger partial charge in [-0.25, -0.2) is 0 Å². The molecule has 0 fully saturated rings. The van der Waals surface area contributed by atoms with Gasteiger partial charge in [0.05, 0.1) is 0 Å². The Balaban J connectivity index is 1.27. The Kier molecular flexibility index (Phi) is 5.70. The Morgan fingerprint density at radius 3 is 2.17 bits per heavy atom. The van der Waals surface area contributed by atoms with Crippen LogP contribution in [-0.4, -0.2) is 22.7 Å². The Labute approximate surface area is 173 Å². The predicted molar refractivity (Wildman–Crippen MR) is 112 cm³/mol. The largest absolute Gasteiger partial charge is 0.484 e. The number of benzene rings is 3. The van der Waals surface area contributed by atoms with E-state index in [1.807, 2.05) is 31.2 Å². The number of hydrogen-bond acceptors (Lipinski definition) is 6. The average Bonchev–Trinajstić information content (AvgIpc) is 3.31. The molecule has 0 aliphatic rings. The van der Waals surface area contributed by atoms with Crippen molar-refractivity contribution in [2.45, 2.75) is 6.92 Å². The predicted octanol–water partition coefficient (Wildman–Crippen LogP) is 4.85. The lowest BCUT2D eigenvalue weighted by Crippen LogP contribution is -2.20. The molecule has 4 aromatic rings. The van der Waals surface area contributed by atoms with Crippen molar-refractivity contribution in [1.29, 1.82) is 0 Å². The third-order valence-electron chi connectivity index (χ3n) is 4.23. The minimum Gasteiger partial charge on any atom is -0.484 e. The molecule has 1 aromatic heterocycles. The van der Waals surface area contributed by atoms with Crippen molar-refractivity contribution in [3.8, 4) is 28.7 Å². The molecule has 0 bridgehead atoms. The lowest BCUT2D eigenvalue weighted by Gasteiger charge is -2.09. The number of ether oxygens (including phenoxy) is 2. The van der Waals surface area contributed by atoms with E-state index in [1.165, 1.54) is 12.0 Å². The third-order valence-corrected chi connectivity index (χ3v) is 4.23. The summed E-state index contributed by atoms with van der Waals surface area (Å²) < 4.78 is 16.4. The number of anilines is 1. The fraction of sp³-hybridized carbons (Fsp3) is 0.0870. The minimum atomic E-state index is -0.261. The summed E-state index contributed by atoms with van der Waals surface area (Å²) in [5.41, 5.74) is 2.61. The molecule has 30 heavy (non-hydrogen) atoms. The molecule has 4 rings (SSSR count). The van der Waals surface area contributed by atoms with Crippen LogP contribution in [0, 0.1) is 6.92 Å². The first-order valence-corrected chi connectivity index (χ1v) is 9.29. The summed E-state index contributed by atoms with van der Waals surface area (Å²) in [5.74, 6) is 2.18. The van der Waals surface area contributed by atoms with Gasteiger partial charge in [-0.2, -0.15) is 0 Å². The molecule has 7 nitrogen and oxygen atoms in total. The van der Waals surface area contributed by atoms with Crippen molar-refractivity contribution in [2.75, 3.05) is 11.9 Å². The summed E-state index contributed by atoms with van der Waals surface area (Å²) in [4.78, 5) is 12.1. The number of nitrogens with one attached hydrogen (secondary N) is 1.